The minimum atomic E-state index is -0.632. The van der Waals surface area contributed by atoms with Crippen LogP contribution in [0.25, 0.3) is 0 Å². The molecule has 5 heteroatoms. The maximum atomic E-state index is 11.3. The van der Waals surface area contributed by atoms with Crippen LogP contribution in [0.4, 0.5) is 0 Å². The average Bonchev–Trinajstić information content (AvgIpc) is 2.79. The number of aryl methyl sites for hydroxylation is 1. The van der Waals surface area contributed by atoms with Crippen molar-refractivity contribution in [1.29, 1.82) is 0 Å². The highest BCUT2D eigenvalue weighted by Crippen LogP contribution is 2.57. The second-order valence-corrected chi connectivity index (χ2v) is 5.49. The number of hydrogen-bond donors (Lipinski definition) is 1. The lowest BCUT2D eigenvalue weighted by atomic mass is 9.53. The fourth-order valence-corrected chi connectivity index (χ4v) is 3.34. The first-order chi connectivity index (χ1) is 8.06. The molecule has 3 aliphatic rings. The molecule has 1 aromatic rings. The zero-order chi connectivity index (χ0) is 12.1. The van der Waals surface area contributed by atoms with Gasteiger partial charge in [0.25, 0.3) is 0 Å². The van der Waals surface area contributed by atoms with Gasteiger partial charge in [-0.25, -0.2) is 0 Å². The van der Waals surface area contributed by atoms with Crippen LogP contribution >= 0.6 is 0 Å². The number of carboxylic acids is 1. The molecule has 0 unspecified atom stereocenters. The predicted molar refractivity (Wildman–Crippen MR) is 58.5 cm³/mol. The summed E-state index contributed by atoms with van der Waals surface area (Å²) in [5.74, 6) is 0.677. The molecule has 1 heterocycles. The van der Waals surface area contributed by atoms with Gasteiger partial charge in [0.1, 0.15) is 0 Å². The third-order valence-electron chi connectivity index (χ3n) is 4.68. The van der Waals surface area contributed by atoms with Crippen LogP contribution in [0.5, 0.6) is 0 Å². The minimum absolute atomic E-state index is 0.0432. The molecular weight excluding hydrogens is 220 g/mol. The molecule has 3 fully saturated rings. The van der Waals surface area contributed by atoms with Crippen LogP contribution in [0.1, 0.15) is 50.3 Å². The Bertz CT molecular complexity index is 442. The van der Waals surface area contributed by atoms with E-state index in [9.17, 15) is 9.90 Å². The van der Waals surface area contributed by atoms with Crippen molar-refractivity contribution in [2.24, 2.45) is 5.41 Å². The number of aliphatic carboxylic acids is 1. The second-order valence-electron chi connectivity index (χ2n) is 5.49. The Morgan fingerprint density at radius 3 is 2.18 bits per heavy atom. The smallest absolute Gasteiger partial charge is 0.309 e. The number of carbonyl (C=O) groups is 1. The lowest BCUT2D eigenvalue weighted by Gasteiger charge is -2.49. The number of nitrogens with zero attached hydrogens (tertiary/aromatic N) is 2. The summed E-state index contributed by atoms with van der Waals surface area (Å²) >= 11 is 0. The van der Waals surface area contributed by atoms with Gasteiger partial charge in [0.15, 0.2) is 0 Å². The van der Waals surface area contributed by atoms with E-state index >= 15 is 0 Å². The number of fused-ring (bicyclic) bond motifs is 3. The monoisotopic (exact) mass is 236 g/mol. The van der Waals surface area contributed by atoms with Crippen molar-refractivity contribution in [3.8, 4) is 0 Å². The highest BCUT2D eigenvalue weighted by Gasteiger charge is 2.55. The van der Waals surface area contributed by atoms with E-state index in [2.05, 4.69) is 10.2 Å². The molecule has 4 rings (SSSR count). The van der Waals surface area contributed by atoms with E-state index in [0.717, 1.165) is 38.5 Å². The lowest BCUT2D eigenvalue weighted by Crippen LogP contribution is -2.48. The topological polar surface area (TPSA) is 76.2 Å². The summed E-state index contributed by atoms with van der Waals surface area (Å²) in [5.41, 5.74) is -0.519. The molecule has 92 valence electrons. The van der Waals surface area contributed by atoms with E-state index < -0.39 is 11.4 Å². The Kier molecular flexibility index (Phi) is 2.09. The fourth-order valence-electron chi connectivity index (χ4n) is 3.34. The summed E-state index contributed by atoms with van der Waals surface area (Å²) in [5, 5.41) is 17.4. The van der Waals surface area contributed by atoms with Crippen LogP contribution in [0, 0.1) is 12.3 Å². The summed E-state index contributed by atoms with van der Waals surface area (Å²) in [4.78, 5) is 11.3. The normalized spacial score (nSPS) is 36.1. The van der Waals surface area contributed by atoms with Gasteiger partial charge in [-0.05, 0) is 38.5 Å². The molecule has 1 aromatic heterocycles. The van der Waals surface area contributed by atoms with Crippen molar-refractivity contribution in [3.63, 3.8) is 0 Å². The largest absolute Gasteiger partial charge is 0.481 e. The number of rotatable bonds is 2. The molecular formula is C12H16N2O3. The number of aromatic nitrogens is 2. The van der Waals surface area contributed by atoms with Crippen molar-refractivity contribution in [2.75, 3.05) is 0 Å². The number of carboxylic acid groups (broad SMARTS) is 1. The van der Waals surface area contributed by atoms with E-state index in [4.69, 9.17) is 4.42 Å². The van der Waals surface area contributed by atoms with Gasteiger partial charge in [0, 0.05) is 12.3 Å². The second kappa shape index (κ2) is 3.31. The molecule has 0 spiro atoms. The lowest BCUT2D eigenvalue weighted by molar-refractivity contribution is -0.156. The molecule has 0 aliphatic heterocycles. The first-order valence-electron chi connectivity index (χ1n) is 6.10. The standard InChI is InChI=1S/C12H16N2O3/c1-8-13-14-9(17-8)11-2-5-12(6-3-11,7-4-11)10(15)16/h2-7H2,1H3,(H,15,16). The third kappa shape index (κ3) is 1.41. The molecule has 0 atom stereocenters. The molecule has 0 amide bonds. The zero-order valence-electron chi connectivity index (χ0n) is 9.90. The fraction of sp³-hybridized carbons (Fsp3) is 0.750. The Balaban J connectivity index is 1.89. The van der Waals surface area contributed by atoms with E-state index in [-0.39, 0.29) is 5.41 Å². The van der Waals surface area contributed by atoms with Gasteiger partial charge in [-0.15, -0.1) is 10.2 Å². The number of hydrogen-bond acceptors (Lipinski definition) is 4. The highest BCUT2D eigenvalue weighted by atomic mass is 16.4. The summed E-state index contributed by atoms with van der Waals surface area (Å²) < 4.78 is 5.57. The van der Waals surface area contributed by atoms with Crippen molar-refractivity contribution >= 4 is 5.97 Å². The molecule has 3 saturated carbocycles. The van der Waals surface area contributed by atoms with Crippen LogP contribution in [-0.4, -0.2) is 21.3 Å². The Morgan fingerprint density at radius 1 is 1.18 bits per heavy atom. The molecule has 0 radical (unpaired) electrons. The molecule has 1 N–H and O–H groups in total. The minimum Gasteiger partial charge on any atom is -0.481 e. The first-order valence-corrected chi connectivity index (χ1v) is 6.10. The van der Waals surface area contributed by atoms with Crippen LogP contribution in [0.15, 0.2) is 4.42 Å². The van der Waals surface area contributed by atoms with Crippen molar-refractivity contribution in [1.82, 2.24) is 10.2 Å². The van der Waals surface area contributed by atoms with Crippen molar-refractivity contribution < 1.29 is 14.3 Å². The van der Waals surface area contributed by atoms with Crippen molar-refractivity contribution in [3.05, 3.63) is 11.8 Å². The van der Waals surface area contributed by atoms with E-state index in [0.29, 0.717) is 11.8 Å². The van der Waals surface area contributed by atoms with Gasteiger partial charge in [0.2, 0.25) is 11.8 Å². The first kappa shape index (κ1) is 10.7. The summed E-state index contributed by atoms with van der Waals surface area (Å²) in [6, 6.07) is 0. The highest BCUT2D eigenvalue weighted by molar-refractivity contribution is 5.75. The van der Waals surface area contributed by atoms with Gasteiger partial charge in [-0.1, -0.05) is 0 Å². The van der Waals surface area contributed by atoms with Crippen LogP contribution < -0.4 is 0 Å². The maximum absolute atomic E-state index is 11.3. The predicted octanol–water partition coefficient (Wildman–Crippen LogP) is 2.05. The average molecular weight is 236 g/mol. The molecule has 5 nitrogen and oxygen atoms in total. The SMILES string of the molecule is Cc1nnc(C23CCC(C(=O)O)(CC2)CC3)o1. The van der Waals surface area contributed by atoms with Gasteiger partial charge < -0.3 is 9.52 Å². The molecule has 0 saturated heterocycles. The van der Waals surface area contributed by atoms with Crippen LogP contribution in [-0.2, 0) is 10.2 Å². The molecule has 3 aliphatic carbocycles. The Labute approximate surface area is 99.2 Å². The zero-order valence-corrected chi connectivity index (χ0v) is 9.90. The Hall–Kier alpha value is -1.39. The van der Waals surface area contributed by atoms with Gasteiger partial charge >= 0.3 is 5.97 Å². The van der Waals surface area contributed by atoms with Crippen LogP contribution in [0.3, 0.4) is 0 Å². The van der Waals surface area contributed by atoms with Gasteiger partial charge in [-0.3, -0.25) is 4.79 Å². The van der Waals surface area contributed by atoms with Gasteiger partial charge in [-0.2, -0.15) is 0 Å². The molecule has 0 aromatic carbocycles. The molecule has 2 bridgehead atoms. The quantitative estimate of drug-likeness (QED) is 0.850. The van der Waals surface area contributed by atoms with Crippen LogP contribution in [0.2, 0.25) is 0 Å². The van der Waals surface area contributed by atoms with E-state index in [1.54, 1.807) is 6.92 Å². The summed E-state index contributed by atoms with van der Waals surface area (Å²) in [6.07, 6.45) is 4.81. The summed E-state index contributed by atoms with van der Waals surface area (Å²) in [7, 11) is 0. The third-order valence-corrected chi connectivity index (χ3v) is 4.68. The Morgan fingerprint density at radius 2 is 1.76 bits per heavy atom. The molecule has 17 heavy (non-hydrogen) atoms. The summed E-state index contributed by atoms with van der Waals surface area (Å²) in [6.45, 7) is 1.79. The van der Waals surface area contributed by atoms with Gasteiger partial charge in [0.05, 0.1) is 5.41 Å². The van der Waals surface area contributed by atoms with E-state index in [1.807, 2.05) is 0 Å². The van der Waals surface area contributed by atoms with Crippen molar-refractivity contribution in [2.45, 2.75) is 50.9 Å². The maximum Gasteiger partial charge on any atom is 0.309 e. The van der Waals surface area contributed by atoms with E-state index in [1.165, 1.54) is 0 Å².